The Hall–Kier alpha value is -1.02. The highest BCUT2D eigenvalue weighted by Crippen LogP contribution is 2.18. The lowest BCUT2D eigenvalue weighted by Crippen LogP contribution is -2.16. The normalized spacial score (nSPS) is 9.13. The summed E-state index contributed by atoms with van der Waals surface area (Å²) in [6.45, 7) is 9.76. The molecule has 0 atom stereocenters. The van der Waals surface area contributed by atoms with Crippen LogP contribution in [0.4, 0.5) is 0 Å². The number of ether oxygens (including phenoxy) is 1. The van der Waals surface area contributed by atoms with Crippen molar-refractivity contribution in [3.63, 3.8) is 0 Å². The van der Waals surface area contributed by atoms with Crippen LogP contribution in [0, 0.1) is 13.8 Å². The third kappa shape index (κ3) is 5.43. The summed E-state index contributed by atoms with van der Waals surface area (Å²) in [4.78, 5) is 0. The van der Waals surface area contributed by atoms with E-state index in [1.165, 1.54) is 11.1 Å². The van der Waals surface area contributed by atoms with Gasteiger partial charge in [0.25, 0.3) is 0 Å². The van der Waals surface area contributed by atoms with Crippen LogP contribution in [-0.4, -0.2) is 20.2 Å². The van der Waals surface area contributed by atoms with Crippen LogP contribution in [0.1, 0.15) is 25.0 Å². The number of likely N-dealkylation sites (N-methyl/N-ethyl adjacent to an activating group) is 1. The van der Waals surface area contributed by atoms with Crippen molar-refractivity contribution in [3.8, 4) is 5.75 Å². The molecule has 0 fully saturated rings. The molecular weight excluding hydrogens is 186 g/mol. The number of benzene rings is 1. The van der Waals surface area contributed by atoms with Gasteiger partial charge in [-0.15, -0.1) is 0 Å². The quantitative estimate of drug-likeness (QED) is 0.770. The molecule has 15 heavy (non-hydrogen) atoms. The van der Waals surface area contributed by atoms with Gasteiger partial charge in [0.15, 0.2) is 0 Å². The molecule has 2 nitrogen and oxygen atoms in total. The molecule has 0 aromatic heterocycles. The van der Waals surface area contributed by atoms with Crippen molar-refractivity contribution in [1.82, 2.24) is 5.32 Å². The Kier molecular flexibility index (Phi) is 7.74. The Morgan fingerprint density at radius 2 is 1.87 bits per heavy atom. The summed E-state index contributed by atoms with van der Waals surface area (Å²) >= 11 is 0. The van der Waals surface area contributed by atoms with E-state index in [1.54, 1.807) is 0 Å². The van der Waals surface area contributed by atoms with Crippen molar-refractivity contribution in [2.75, 3.05) is 20.2 Å². The first-order valence-corrected chi connectivity index (χ1v) is 5.58. The molecule has 0 amide bonds. The molecule has 1 aromatic carbocycles. The van der Waals surface area contributed by atoms with E-state index in [9.17, 15) is 0 Å². The Labute approximate surface area is 93.7 Å². The standard InChI is InChI=1S/C11H17NO.C2H6/c1-9-4-5-11(10(2)8-9)13-7-6-12-3;1-2/h4-5,8,12H,6-7H2,1-3H3;1-2H3. The van der Waals surface area contributed by atoms with Gasteiger partial charge in [-0.05, 0) is 32.5 Å². The summed E-state index contributed by atoms with van der Waals surface area (Å²) in [5.74, 6) is 0.987. The molecule has 0 aliphatic carbocycles. The smallest absolute Gasteiger partial charge is 0.122 e. The van der Waals surface area contributed by atoms with Crippen molar-refractivity contribution in [2.45, 2.75) is 27.7 Å². The molecule has 0 bridgehead atoms. The van der Waals surface area contributed by atoms with E-state index in [-0.39, 0.29) is 0 Å². The fraction of sp³-hybridized carbons (Fsp3) is 0.538. The summed E-state index contributed by atoms with van der Waals surface area (Å²) in [6, 6.07) is 6.23. The maximum absolute atomic E-state index is 5.57. The molecule has 0 spiro atoms. The second-order valence-electron chi connectivity index (χ2n) is 3.22. The van der Waals surface area contributed by atoms with Crippen molar-refractivity contribution in [1.29, 1.82) is 0 Å². The van der Waals surface area contributed by atoms with Crippen LogP contribution in [0.2, 0.25) is 0 Å². The van der Waals surface area contributed by atoms with Gasteiger partial charge in [-0.3, -0.25) is 0 Å². The molecule has 0 saturated carbocycles. The van der Waals surface area contributed by atoms with Crippen molar-refractivity contribution >= 4 is 0 Å². The molecule has 2 heteroatoms. The summed E-state index contributed by atoms with van der Waals surface area (Å²) in [6.07, 6.45) is 0. The van der Waals surface area contributed by atoms with Gasteiger partial charge < -0.3 is 10.1 Å². The van der Waals surface area contributed by atoms with Crippen LogP contribution in [0.3, 0.4) is 0 Å². The molecule has 86 valence electrons. The van der Waals surface area contributed by atoms with E-state index in [4.69, 9.17) is 4.74 Å². The van der Waals surface area contributed by atoms with Crippen LogP contribution in [-0.2, 0) is 0 Å². The molecule has 0 unspecified atom stereocenters. The van der Waals surface area contributed by atoms with Crippen molar-refractivity contribution in [3.05, 3.63) is 29.3 Å². The average molecular weight is 209 g/mol. The molecule has 0 heterocycles. The van der Waals surface area contributed by atoms with Crippen LogP contribution < -0.4 is 10.1 Å². The number of rotatable bonds is 4. The van der Waals surface area contributed by atoms with Gasteiger partial charge in [0.1, 0.15) is 12.4 Å². The molecule has 1 N–H and O–H groups in total. The fourth-order valence-electron chi connectivity index (χ4n) is 1.22. The Morgan fingerprint density at radius 1 is 1.20 bits per heavy atom. The van der Waals surface area contributed by atoms with Gasteiger partial charge in [-0.25, -0.2) is 0 Å². The first-order valence-electron chi connectivity index (χ1n) is 5.58. The zero-order chi connectivity index (χ0) is 11.7. The fourth-order valence-corrected chi connectivity index (χ4v) is 1.22. The number of hydrogen-bond acceptors (Lipinski definition) is 2. The number of aryl methyl sites for hydroxylation is 2. The van der Waals surface area contributed by atoms with E-state index in [2.05, 4.69) is 31.3 Å². The van der Waals surface area contributed by atoms with Gasteiger partial charge in [-0.1, -0.05) is 31.5 Å². The van der Waals surface area contributed by atoms with Crippen LogP contribution in [0.5, 0.6) is 5.75 Å². The maximum atomic E-state index is 5.57. The Balaban J connectivity index is 0.000000921. The van der Waals surface area contributed by atoms with E-state index in [1.807, 2.05) is 27.0 Å². The predicted molar refractivity (Wildman–Crippen MR) is 66.7 cm³/mol. The molecule has 0 aliphatic rings. The second kappa shape index (κ2) is 8.30. The Bertz CT molecular complexity index is 271. The van der Waals surface area contributed by atoms with Crippen LogP contribution in [0.25, 0.3) is 0 Å². The lowest BCUT2D eigenvalue weighted by molar-refractivity contribution is 0.316. The molecule has 1 aromatic rings. The van der Waals surface area contributed by atoms with E-state index >= 15 is 0 Å². The van der Waals surface area contributed by atoms with Gasteiger partial charge in [0.2, 0.25) is 0 Å². The number of nitrogens with one attached hydrogen (secondary N) is 1. The van der Waals surface area contributed by atoms with E-state index in [0.717, 1.165) is 18.9 Å². The molecule has 0 saturated heterocycles. The van der Waals surface area contributed by atoms with Gasteiger partial charge >= 0.3 is 0 Å². The minimum Gasteiger partial charge on any atom is -0.492 e. The third-order valence-electron chi connectivity index (χ3n) is 1.94. The van der Waals surface area contributed by atoms with Crippen molar-refractivity contribution in [2.24, 2.45) is 0 Å². The molecule has 0 radical (unpaired) electrons. The maximum Gasteiger partial charge on any atom is 0.122 e. The molecule has 0 aliphatic heterocycles. The van der Waals surface area contributed by atoms with Crippen LogP contribution in [0.15, 0.2) is 18.2 Å². The lowest BCUT2D eigenvalue weighted by atomic mass is 10.1. The molecular formula is C13H23NO. The predicted octanol–water partition coefficient (Wildman–Crippen LogP) is 2.93. The topological polar surface area (TPSA) is 21.3 Å². The largest absolute Gasteiger partial charge is 0.492 e. The highest BCUT2D eigenvalue weighted by molar-refractivity contribution is 5.35. The lowest BCUT2D eigenvalue weighted by Gasteiger charge is -2.08. The number of hydrogen-bond donors (Lipinski definition) is 1. The zero-order valence-electron chi connectivity index (χ0n) is 10.6. The van der Waals surface area contributed by atoms with Crippen LogP contribution >= 0.6 is 0 Å². The summed E-state index contributed by atoms with van der Waals surface area (Å²) in [7, 11) is 1.92. The summed E-state index contributed by atoms with van der Waals surface area (Å²) in [5, 5.41) is 3.04. The first-order chi connectivity index (χ1) is 7.24. The first kappa shape index (κ1) is 14.0. The monoisotopic (exact) mass is 209 g/mol. The highest BCUT2D eigenvalue weighted by atomic mass is 16.5. The minimum atomic E-state index is 0.723. The highest BCUT2D eigenvalue weighted by Gasteiger charge is 1.97. The zero-order valence-corrected chi connectivity index (χ0v) is 10.6. The second-order valence-corrected chi connectivity index (χ2v) is 3.22. The molecule has 1 rings (SSSR count). The van der Waals surface area contributed by atoms with Gasteiger partial charge in [0, 0.05) is 6.54 Å². The summed E-state index contributed by atoms with van der Waals surface area (Å²) < 4.78 is 5.57. The summed E-state index contributed by atoms with van der Waals surface area (Å²) in [5.41, 5.74) is 2.48. The third-order valence-corrected chi connectivity index (χ3v) is 1.94. The SMILES string of the molecule is CC.CNCCOc1ccc(C)cc1C. The van der Waals surface area contributed by atoms with E-state index < -0.39 is 0 Å². The van der Waals surface area contributed by atoms with Gasteiger partial charge in [-0.2, -0.15) is 0 Å². The average Bonchev–Trinajstić information content (AvgIpc) is 2.24. The van der Waals surface area contributed by atoms with Gasteiger partial charge in [0.05, 0.1) is 0 Å². The Morgan fingerprint density at radius 3 is 2.40 bits per heavy atom. The van der Waals surface area contributed by atoms with Crippen molar-refractivity contribution < 1.29 is 4.74 Å². The van der Waals surface area contributed by atoms with E-state index in [0.29, 0.717) is 0 Å². The minimum absolute atomic E-state index is 0.723.